The summed E-state index contributed by atoms with van der Waals surface area (Å²) in [6, 6.07) is 6.96. The summed E-state index contributed by atoms with van der Waals surface area (Å²) in [6.45, 7) is 0. The van der Waals surface area contributed by atoms with Gasteiger partial charge >= 0.3 is 0 Å². The molecule has 14 heavy (non-hydrogen) atoms. The highest BCUT2D eigenvalue weighted by Crippen LogP contribution is 2.24. The molecule has 70 valence electrons. The Balaban J connectivity index is 2.73. The number of para-hydroxylation sites is 1. The van der Waals surface area contributed by atoms with Crippen LogP contribution in [0.25, 0.3) is 10.9 Å². The van der Waals surface area contributed by atoms with E-state index < -0.39 is 4.92 Å². The third kappa shape index (κ3) is 1.46. The highest BCUT2D eigenvalue weighted by molar-refractivity contribution is 9.10. The standard InChI is InChI=1S/C9H5BrN2O2/c10-8-3-1-2-6-4-7(12(13)14)5-11-9(6)8/h1-5H. The third-order valence-corrected chi connectivity index (χ3v) is 2.50. The molecular weight excluding hydrogens is 248 g/mol. The minimum Gasteiger partial charge on any atom is -0.258 e. The normalized spacial score (nSPS) is 10.4. The van der Waals surface area contributed by atoms with Crippen LogP contribution in [-0.2, 0) is 0 Å². The zero-order valence-electron chi connectivity index (χ0n) is 6.98. The number of nitrogens with zero attached hydrogens (tertiary/aromatic N) is 2. The van der Waals surface area contributed by atoms with E-state index in [0.717, 1.165) is 15.4 Å². The predicted molar refractivity (Wildman–Crippen MR) is 56.1 cm³/mol. The van der Waals surface area contributed by atoms with Gasteiger partial charge in [0.1, 0.15) is 6.20 Å². The molecule has 0 spiro atoms. The molecule has 0 saturated carbocycles. The first kappa shape index (κ1) is 9.08. The van der Waals surface area contributed by atoms with E-state index in [2.05, 4.69) is 20.9 Å². The SMILES string of the molecule is O=[N+]([O-])c1cnc2c(Br)cccc2c1. The van der Waals surface area contributed by atoms with E-state index in [1.165, 1.54) is 12.3 Å². The molecule has 0 radical (unpaired) electrons. The van der Waals surface area contributed by atoms with Crippen LogP contribution >= 0.6 is 15.9 Å². The first-order valence-electron chi connectivity index (χ1n) is 3.87. The van der Waals surface area contributed by atoms with Gasteiger partial charge in [0.2, 0.25) is 0 Å². The fraction of sp³-hybridized carbons (Fsp3) is 0. The largest absolute Gasteiger partial charge is 0.288 e. The molecule has 2 rings (SSSR count). The van der Waals surface area contributed by atoms with Gasteiger partial charge in [0.15, 0.2) is 0 Å². The van der Waals surface area contributed by atoms with E-state index in [-0.39, 0.29) is 5.69 Å². The number of rotatable bonds is 1. The molecule has 0 saturated heterocycles. The van der Waals surface area contributed by atoms with Gasteiger partial charge in [-0.15, -0.1) is 0 Å². The van der Waals surface area contributed by atoms with Gasteiger partial charge in [0.25, 0.3) is 5.69 Å². The molecule has 0 bridgehead atoms. The van der Waals surface area contributed by atoms with Gasteiger partial charge in [-0.25, -0.2) is 4.98 Å². The Labute approximate surface area is 87.9 Å². The van der Waals surface area contributed by atoms with Crippen LogP contribution in [0.2, 0.25) is 0 Å². The number of fused-ring (bicyclic) bond motifs is 1. The van der Waals surface area contributed by atoms with Crippen LogP contribution in [0, 0.1) is 10.1 Å². The average Bonchev–Trinajstić information content (AvgIpc) is 2.17. The molecule has 0 atom stereocenters. The molecular formula is C9H5BrN2O2. The molecule has 4 nitrogen and oxygen atoms in total. The zero-order chi connectivity index (χ0) is 10.1. The lowest BCUT2D eigenvalue weighted by Gasteiger charge is -1.98. The second kappa shape index (κ2) is 3.34. The molecule has 1 heterocycles. The summed E-state index contributed by atoms with van der Waals surface area (Å²) < 4.78 is 0.838. The van der Waals surface area contributed by atoms with Gasteiger partial charge < -0.3 is 0 Å². The number of aromatic nitrogens is 1. The fourth-order valence-corrected chi connectivity index (χ4v) is 1.70. The Bertz CT molecular complexity index is 513. The summed E-state index contributed by atoms with van der Waals surface area (Å²) in [6.07, 6.45) is 1.26. The van der Waals surface area contributed by atoms with Gasteiger partial charge in [-0.2, -0.15) is 0 Å². The molecule has 0 unspecified atom stereocenters. The maximum atomic E-state index is 10.5. The van der Waals surface area contributed by atoms with Crippen molar-refractivity contribution in [1.29, 1.82) is 0 Å². The van der Waals surface area contributed by atoms with Crippen molar-refractivity contribution < 1.29 is 4.92 Å². The summed E-state index contributed by atoms with van der Waals surface area (Å²) in [4.78, 5) is 14.0. The summed E-state index contributed by atoms with van der Waals surface area (Å²) in [5.41, 5.74) is 0.744. The Hall–Kier alpha value is -1.49. The maximum absolute atomic E-state index is 10.5. The minimum atomic E-state index is -0.451. The zero-order valence-corrected chi connectivity index (χ0v) is 8.56. The van der Waals surface area contributed by atoms with Crippen LogP contribution in [0.3, 0.4) is 0 Å². The fourth-order valence-electron chi connectivity index (χ4n) is 1.21. The van der Waals surface area contributed by atoms with E-state index in [4.69, 9.17) is 0 Å². The first-order chi connectivity index (χ1) is 6.68. The van der Waals surface area contributed by atoms with Crippen molar-refractivity contribution in [3.05, 3.63) is 45.0 Å². The van der Waals surface area contributed by atoms with Gasteiger partial charge in [0.05, 0.1) is 10.4 Å². The van der Waals surface area contributed by atoms with Crippen molar-refractivity contribution in [3.63, 3.8) is 0 Å². The van der Waals surface area contributed by atoms with Crippen LogP contribution in [0.4, 0.5) is 5.69 Å². The molecule has 0 amide bonds. The molecule has 0 N–H and O–H groups in total. The quantitative estimate of drug-likeness (QED) is 0.579. The Morgan fingerprint density at radius 3 is 2.93 bits per heavy atom. The monoisotopic (exact) mass is 252 g/mol. The van der Waals surface area contributed by atoms with Gasteiger partial charge in [0, 0.05) is 15.9 Å². The summed E-state index contributed by atoms with van der Waals surface area (Å²) in [5, 5.41) is 11.2. The highest BCUT2D eigenvalue weighted by atomic mass is 79.9. The maximum Gasteiger partial charge on any atom is 0.288 e. The lowest BCUT2D eigenvalue weighted by atomic mass is 10.2. The molecule has 0 aliphatic heterocycles. The number of hydrogen-bond acceptors (Lipinski definition) is 3. The van der Waals surface area contributed by atoms with Crippen LogP contribution in [0.1, 0.15) is 0 Å². The van der Waals surface area contributed by atoms with Gasteiger partial charge in [-0.3, -0.25) is 10.1 Å². The lowest BCUT2D eigenvalue weighted by molar-refractivity contribution is -0.385. The molecule has 0 aliphatic carbocycles. The van der Waals surface area contributed by atoms with Crippen molar-refractivity contribution in [3.8, 4) is 0 Å². The van der Waals surface area contributed by atoms with E-state index in [0.29, 0.717) is 0 Å². The van der Waals surface area contributed by atoms with E-state index in [1.807, 2.05) is 12.1 Å². The summed E-state index contributed by atoms with van der Waals surface area (Å²) >= 11 is 3.33. The number of pyridine rings is 1. The molecule has 5 heteroatoms. The second-order valence-corrected chi connectivity index (χ2v) is 3.62. The molecule has 1 aromatic carbocycles. The highest BCUT2D eigenvalue weighted by Gasteiger charge is 2.07. The third-order valence-electron chi connectivity index (χ3n) is 1.86. The van der Waals surface area contributed by atoms with Crippen LogP contribution in [0.15, 0.2) is 34.9 Å². The van der Waals surface area contributed by atoms with E-state index in [1.54, 1.807) is 6.07 Å². The van der Waals surface area contributed by atoms with Crippen molar-refractivity contribution in [2.75, 3.05) is 0 Å². The lowest BCUT2D eigenvalue weighted by Crippen LogP contribution is -1.89. The summed E-state index contributed by atoms with van der Waals surface area (Å²) in [7, 11) is 0. The molecule has 1 aromatic heterocycles. The second-order valence-electron chi connectivity index (χ2n) is 2.76. The Morgan fingerprint density at radius 2 is 2.21 bits per heavy atom. The topological polar surface area (TPSA) is 56.0 Å². The van der Waals surface area contributed by atoms with Crippen LogP contribution < -0.4 is 0 Å². The van der Waals surface area contributed by atoms with Crippen molar-refractivity contribution >= 4 is 32.5 Å². The molecule has 0 fully saturated rings. The first-order valence-corrected chi connectivity index (χ1v) is 4.66. The molecule has 0 aliphatic rings. The number of halogens is 1. The summed E-state index contributed by atoms with van der Waals surface area (Å²) in [5.74, 6) is 0. The molecule has 2 aromatic rings. The number of benzene rings is 1. The van der Waals surface area contributed by atoms with Crippen molar-refractivity contribution in [2.45, 2.75) is 0 Å². The van der Waals surface area contributed by atoms with Gasteiger partial charge in [-0.05, 0) is 22.0 Å². The van der Waals surface area contributed by atoms with Crippen molar-refractivity contribution in [2.24, 2.45) is 0 Å². The van der Waals surface area contributed by atoms with E-state index >= 15 is 0 Å². The van der Waals surface area contributed by atoms with Crippen LogP contribution in [-0.4, -0.2) is 9.91 Å². The Kier molecular flexibility index (Phi) is 2.17. The Morgan fingerprint density at radius 1 is 1.43 bits per heavy atom. The number of hydrogen-bond donors (Lipinski definition) is 0. The van der Waals surface area contributed by atoms with Gasteiger partial charge in [-0.1, -0.05) is 12.1 Å². The minimum absolute atomic E-state index is 0.00981. The van der Waals surface area contributed by atoms with E-state index in [9.17, 15) is 10.1 Å². The van der Waals surface area contributed by atoms with Crippen LogP contribution in [0.5, 0.6) is 0 Å². The van der Waals surface area contributed by atoms with Crippen molar-refractivity contribution in [1.82, 2.24) is 4.98 Å². The predicted octanol–water partition coefficient (Wildman–Crippen LogP) is 2.91. The number of nitro groups is 1. The smallest absolute Gasteiger partial charge is 0.258 e. The average molecular weight is 253 g/mol.